The first kappa shape index (κ1) is 22.0. The number of thioether (sulfide) groups is 1. The van der Waals surface area contributed by atoms with Crippen molar-refractivity contribution in [2.45, 2.75) is 44.2 Å². The topological polar surface area (TPSA) is 37.3 Å². The fraction of sp³-hybridized carbons (Fsp3) is 0.320. The van der Waals surface area contributed by atoms with Crippen LogP contribution in [0.5, 0.6) is 0 Å². The van der Waals surface area contributed by atoms with Crippen LogP contribution in [0.3, 0.4) is 0 Å². The van der Waals surface area contributed by atoms with Gasteiger partial charge in [0.2, 0.25) is 0 Å². The van der Waals surface area contributed by atoms with Crippen molar-refractivity contribution < 1.29 is 4.79 Å². The standard InChI is InChI=1S/C25H31N3OS/c1-3-4-8-17-28(25(29)26-22-13-15-24(30-2)16-14-22)20-23-12-9-18-27(23)19-21-10-6-5-7-11-21/h5-7,9-16,18H,3-4,8,17,19-20H2,1-2H3,(H,26,29). The summed E-state index contributed by atoms with van der Waals surface area (Å²) >= 11 is 1.70. The summed E-state index contributed by atoms with van der Waals surface area (Å²) in [6, 6.07) is 22.5. The van der Waals surface area contributed by atoms with Crippen molar-refractivity contribution in [3.05, 3.63) is 84.2 Å². The maximum absolute atomic E-state index is 13.1. The van der Waals surface area contributed by atoms with Crippen molar-refractivity contribution in [3.8, 4) is 0 Å². The monoisotopic (exact) mass is 421 g/mol. The Morgan fingerprint density at radius 2 is 1.77 bits per heavy atom. The van der Waals surface area contributed by atoms with E-state index in [9.17, 15) is 4.79 Å². The van der Waals surface area contributed by atoms with Gasteiger partial charge in [0.25, 0.3) is 0 Å². The second-order valence-corrected chi connectivity index (χ2v) is 8.28. The Hall–Kier alpha value is -2.66. The molecule has 1 aromatic heterocycles. The van der Waals surface area contributed by atoms with Crippen molar-refractivity contribution in [1.29, 1.82) is 0 Å². The number of nitrogens with zero attached hydrogens (tertiary/aromatic N) is 2. The van der Waals surface area contributed by atoms with Gasteiger partial charge in [-0.2, -0.15) is 0 Å². The Morgan fingerprint density at radius 1 is 1.00 bits per heavy atom. The number of hydrogen-bond donors (Lipinski definition) is 1. The molecule has 2 aromatic carbocycles. The average Bonchev–Trinajstić information content (AvgIpc) is 3.21. The van der Waals surface area contributed by atoms with Crippen LogP contribution in [-0.2, 0) is 13.1 Å². The van der Waals surface area contributed by atoms with E-state index >= 15 is 0 Å². The van der Waals surface area contributed by atoms with Gasteiger partial charge in [-0.25, -0.2) is 4.79 Å². The van der Waals surface area contributed by atoms with Gasteiger partial charge in [0.15, 0.2) is 0 Å². The molecule has 0 unspecified atom stereocenters. The molecule has 0 aliphatic carbocycles. The molecule has 30 heavy (non-hydrogen) atoms. The molecule has 0 fully saturated rings. The summed E-state index contributed by atoms with van der Waals surface area (Å²) in [5, 5.41) is 3.07. The summed E-state index contributed by atoms with van der Waals surface area (Å²) in [5.74, 6) is 0. The Kier molecular flexibility index (Phi) is 8.45. The predicted octanol–water partition coefficient (Wildman–Crippen LogP) is 6.48. The molecule has 0 bridgehead atoms. The van der Waals surface area contributed by atoms with Crippen LogP contribution in [-0.4, -0.2) is 28.3 Å². The van der Waals surface area contributed by atoms with Gasteiger partial charge in [-0.3, -0.25) is 0 Å². The third-order valence-corrected chi connectivity index (χ3v) is 5.88. The summed E-state index contributed by atoms with van der Waals surface area (Å²) < 4.78 is 2.22. The number of aromatic nitrogens is 1. The third kappa shape index (κ3) is 6.42. The van der Waals surface area contributed by atoms with Crippen molar-refractivity contribution in [2.24, 2.45) is 0 Å². The summed E-state index contributed by atoms with van der Waals surface area (Å²) in [5.41, 5.74) is 3.23. The lowest BCUT2D eigenvalue weighted by atomic mass is 10.2. The minimum Gasteiger partial charge on any atom is -0.345 e. The van der Waals surface area contributed by atoms with E-state index in [-0.39, 0.29) is 6.03 Å². The van der Waals surface area contributed by atoms with Crippen LogP contribution < -0.4 is 5.32 Å². The molecule has 0 aliphatic rings. The van der Waals surface area contributed by atoms with Gasteiger partial charge in [0.05, 0.1) is 6.54 Å². The lowest BCUT2D eigenvalue weighted by molar-refractivity contribution is 0.206. The van der Waals surface area contributed by atoms with Crippen LogP contribution in [0.4, 0.5) is 10.5 Å². The molecule has 0 atom stereocenters. The fourth-order valence-corrected chi connectivity index (χ4v) is 3.81. The Labute approximate surface area is 184 Å². The molecule has 0 radical (unpaired) electrons. The van der Waals surface area contributed by atoms with Crippen molar-refractivity contribution >= 4 is 23.5 Å². The number of amides is 2. The summed E-state index contributed by atoms with van der Waals surface area (Å²) in [4.78, 5) is 16.2. The molecular formula is C25H31N3OS. The summed E-state index contributed by atoms with van der Waals surface area (Å²) in [7, 11) is 0. The first-order valence-electron chi connectivity index (χ1n) is 10.6. The van der Waals surface area contributed by atoms with E-state index in [0.717, 1.165) is 43.7 Å². The largest absolute Gasteiger partial charge is 0.345 e. The highest BCUT2D eigenvalue weighted by atomic mass is 32.2. The van der Waals surface area contributed by atoms with Gasteiger partial charge < -0.3 is 14.8 Å². The van der Waals surface area contributed by atoms with Gasteiger partial charge in [-0.15, -0.1) is 11.8 Å². The zero-order valence-electron chi connectivity index (χ0n) is 17.9. The number of carbonyl (C=O) groups excluding carboxylic acids is 1. The highest BCUT2D eigenvalue weighted by Crippen LogP contribution is 2.18. The number of benzene rings is 2. The van der Waals surface area contributed by atoms with E-state index < -0.39 is 0 Å². The zero-order chi connectivity index (χ0) is 21.2. The van der Waals surface area contributed by atoms with Crippen LogP contribution in [0, 0.1) is 0 Å². The number of rotatable bonds is 10. The van der Waals surface area contributed by atoms with Crippen LogP contribution in [0.1, 0.15) is 37.4 Å². The maximum Gasteiger partial charge on any atom is 0.322 e. The maximum atomic E-state index is 13.1. The molecule has 0 saturated carbocycles. The molecule has 5 heteroatoms. The van der Waals surface area contributed by atoms with Crippen molar-refractivity contribution in [3.63, 3.8) is 0 Å². The van der Waals surface area contributed by atoms with Crippen LogP contribution in [0.15, 0.2) is 77.8 Å². The van der Waals surface area contributed by atoms with Crippen LogP contribution >= 0.6 is 11.8 Å². The highest BCUT2D eigenvalue weighted by molar-refractivity contribution is 7.98. The Balaban J connectivity index is 1.70. The van der Waals surface area contributed by atoms with Crippen LogP contribution in [0.25, 0.3) is 0 Å². The third-order valence-electron chi connectivity index (χ3n) is 5.13. The number of urea groups is 1. The molecule has 3 aromatic rings. The molecule has 0 spiro atoms. The van der Waals surface area contributed by atoms with E-state index in [1.54, 1.807) is 11.8 Å². The number of hydrogen-bond acceptors (Lipinski definition) is 2. The lowest BCUT2D eigenvalue weighted by Gasteiger charge is -2.24. The van der Waals surface area contributed by atoms with E-state index in [4.69, 9.17) is 0 Å². The second kappa shape index (κ2) is 11.5. The van der Waals surface area contributed by atoms with Crippen molar-refractivity contribution in [1.82, 2.24) is 9.47 Å². The quantitative estimate of drug-likeness (QED) is 0.300. The summed E-state index contributed by atoms with van der Waals surface area (Å²) in [6.45, 7) is 4.34. The van der Waals surface area contributed by atoms with Gasteiger partial charge in [0.1, 0.15) is 0 Å². The zero-order valence-corrected chi connectivity index (χ0v) is 18.7. The number of carbonyl (C=O) groups is 1. The van der Waals surface area contributed by atoms with Gasteiger partial charge in [-0.1, -0.05) is 50.1 Å². The molecule has 1 N–H and O–H groups in total. The molecule has 3 rings (SSSR count). The molecule has 2 amide bonds. The van der Waals surface area contributed by atoms with Gasteiger partial charge >= 0.3 is 6.03 Å². The molecular weight excluding hydrogens is 390 g/mol. The minimum absolute atomic E-state index is 0.0459. The van der Waals surface area contributed by atoms with Crippen molar-refractivity contribution in [2.75, 3.05) is 18.1 Å². The van der Waals surface area contributed by atoms with E-state index in [2.05, 4.69) is 59.4 Å². The second-order valence-electron chi connectivity index (χ2n) is 7.40. The highest BCUT2D eigenvalue weighted by Gasteiger charge is 2.16. The number of unbranched alkanes of at least 4 members (excludes halogenated alkanes) is 2. The molecule has 0 aliphatic heterocycles. The van der Waals surface area contributed by atoms with E-state index in [0.29, 0.717) is 6.54 Å². The first-order chi connectivity index (χ1) is 14.7. The Bertz CT molecular complexity index is 906. The predicted molar refractivity (Wildman–Crippen MR) is 127 cm³/mol. The SMILES string of the molecule is CCCCCN(Cc1cccn1Cc1ccccc1)C(=O)Nc1ccc(SC)cc1. The summed E-state index contributed by atoms with van der Waals surface area (Å²) in [6.07, 6.45) is 7.40. The minimum atomic E-state index is -0.0459. The fourth-order valence-electron chi connectivity index (χ4n) is 3.40. The Morgan fingerprint density at radius 3 is 2.47 bits per heavy atom. The van der Waals surface area contributed by atoms with Gasteiger partial charge in [-0.05, 0) is 54.6 Å². The number of nitrogens with one attached hydrogen (secondary N) is 1. The van der Waals surface area contributed by atoms with E-state index in [1.807, 2.05) is 41.5 Å². The van der Waals surface area contributed by atoms with E-state index in [1.165, 1.54) is 10.5 Å². The molecule has 4 nitrogen and oxygen atoms in total. The lowest BCUT2D eigenvalue weighted by Crippen LogP contribution is -2.36. The molecule has 1 heterocycles. The smallest absolute Gasteiger partial charge is 0.322 e. The van der Waals surface area contributed by atoms with Gasteiger partial charge in [0, 0.05) is 35.6 Å². The van der Waals surface area contributed by atoms with Crippen LogP contribution in [0.2, 0.25) is 0 Å². The normalized spacial score (nSPS) is 10.7. The molecule has 0 saturated heterocycles. The average molecular weight is 422 g/mol. The number of anilines is 1. The molecule has 158 valence electrons. The first-order valence-corrected chi connectivity index (χ1v) is 11.8.